The Morgan fingerprint density at radius 2 is 2.21 bits per heavy atom. The highest BCUT2D eigenvalue weighted by Crippen LogP contribution is 2.32. The monoisotopic (exact) mass is 252 g/mol. The quantitative estimate of drug-likeness (QED) is 0.788. The van der Waals surface area contributed by atoms with Crippen LogP contribution in [0, 0.1) is 11.3 Å². The van der Waals surface area contributed by atoms with Crippen LogP contribution in [0.2, 0.25) is 0 Å². The first kappa shape index (κ1) is 9.66. The second kappa shape index (κ2) is 3.35. The molecule has 14 heavy (non-hydrogen) atoms. The van der Waals surface area contributed by atoms with E-state index in [1.807, 2.05) is 0 Å². The molecule has 1 aliphatic rings. The number of benzene rings is 1. The van der Waals surface area contributed by atoms with Crippen molar-refractivity contribution in [3.63, 3.8) is 0 Å². The number of β-amino-alcohol motifs (C(OH)–C–C–N with tert-alkyl or cyclic N) is 1. The fraction of sp³-hybridized carbons (Fsp3) is 0.300. The van der Waals surface area contributed by atoms with Gasteiger partial charge in [-0.15, -0.1) is 0 Å². The van der Waals surface area contributed by atoms with E-state index in [0.29, 0.717) is 18.7 Å². The molecule has 1 heterocycles. The van der Waals surface area contributed by atoms with Crippen LogP contribution in [-0.2, 0) is 5.60 Å². The zero-order chi connectivity index (χ0) is 10.2. The lowest BCUT2D eigenvalue weighted by atomic mass is 9.87. The van der Waals surface area contributed by atoms with E-state index in [-0.39, 0.29) is 0 Å². The number of hydrogen-bond acceptors (Lipinski definition) is 3. The standard InChI is InChI=1S/C10H9BrN2O/c11-9-2-1-7(4-12)3-8(9)10(14)5-13-6-10/h1-3,13-14H,5-6H2. The predicted molar refractivity (Wildman–Crippen MR) is 55.6 cm³/mol. The van der Waals surface area contributed by atoms with E-state index in [2.05, 4.69) is 27.3 Å². The molecule has 0 aliphatic carbocycles. The number of aliphatic hydroxyl groups is 1. The van der Waals surface area contributed by atoms with Gasteiger partial charge >= 0.3 is 0 Å². The van der Waals surface area contributed by atoms with Crippen molar-refractivity contribution in [3.05, 3.63) is 33.8 Å². The van der Waals surface area contributed by atoms with E-state index in [0.717, 1.165) is 10.0 Å². The van der Waals surface area contributed by atoms with Crippen molar-refractivity contribution in [2.24, 2.45) is 0 Å². The fourth-order valence-corrected chi connectivity index (χ4v) is 2.12. The Morgan fingerprint density at radius 3 is 2.71 bits per heavy atom. The molecule has 0 bridgehead atoms. The van der Waals surface area contributed by atoms with Gasteiger partial charge < -0.3 is 10.4 Å². The molecule has 4 heteroatoms. The number of rotatable bonds is 1. The largest absolute Gasteiger partial charge is 0.382 e. The van der Waals surface area contributed by atoms with Gasteiger partial charge in [0.15, 0.2) is 0 Å². The van der Waals surface area contributed by atoms with Crippen LogP contribution in [0.1, 0.15) is 11.1 Å². The number of nitriles is 1. The molecule has 0 saturated carbocycles. The SMILES string of the molecule is N#Cc1ccc(Br)c(C2(O)CNC2)c1. The third kappa shape index (κ3) is 1.44. The van der Waals surface area contributed by atoms with Crippen molar-refractivity contribution in [1.82, 2.24) is 5.32 Å². The van der Waals surface area contributed by atoms with E-state index < -0.39 is 5.60 Å². The molecular weight excluding hydrogens is 244 g/mol. The summed E-state index contributed by atoms with van der Waals surface area (Å²) in [6.07, 6.45) is 0. The molecule has 0 spiro atoms. The molecule has 0 atom stereocenters. The molecule has 0 amide bonds. The van der Waals surface area contributed by atoms with Gasteiger partial charge in [-0.05, 0) is 18.2 Å². The molecule has 1 aliphatic heterocycles. The maximum absolute atomic E-state index is 10.1. The third-order valence-corrected chi connectivity index (χ3v) is 3.12. The van der Waals surface area contributed by atoms with Crippen LogP contribution < -0.4 is 5.32 Å². The average molecular weight is 253 g/mol. The summed E-state index contributed by atoms with van der Waals surface area (Å²) in [5.74, 6) is 0. The van der Waals surface area contributed by atoms with E-state index in [9.17, 15) is 5.11 Å². The molecule has 2 rings (SSSR count). The highest BCUT2D eigenvalue weighted by atomic mass is 79.9. The minimum Gasteiger partial charge on any atom is -0.382 e. The molecule has 2 N–H and O–H groups in total. The van der Waals surface area contributed by atoms with Crippen LogP contribution in [0.3, 0.4) is 0 Å². The second-order valence-electron chi connectivity index (χ2n) is 3.44. The summed E-state index contributed by atoms with van der Waals surface area (Å²) < 4.78 is 0.848. The van der Waals surface area contributed by atoms with Crippen LogP contribution in [0.15, 0.2) is 22.7 Å². The first-order valence-corrected chi connectivity index (χ1v) is 5.08. The Bertz CT molecular complexity index is 407. The number of halogens is 1. The Balaban J connectivity index is 2.46. The molecule has 72 valence electrons. The van der Waals surface area contributed by atoms with Crippen LogP contribution in [0.5, 0.6) is 0 Å². The Morgan fingerprint density at radius 1 is 1.50 bits per heavy atom. The van der Waals surface area contributed by atoms with Gasteiger partial charge in [0.25, 0.3) is 0 Å². The Kier molecular flexibility index (Phi) is 2.31. The van der Waals surface area contributed by atoms with E-state index >= 15 is 0 Å². The van der Waals surface area contributed by atoms with Crippen molar-refractivity contribution in [2.75, 3.05) is 13.1 Å². The molecule has 1 fully saturated rings. The number of nitrogens with zero attached hydrogens (tertiary/aromatic N) is 1. The minimum atomic E-state index is -0.814. The number of hydrogen-bond donors (Lipinski definition) is 2. The van der Waals surface area contributed by atoms with Gasteiger partial charge in [0.05, 0.1) is 11.6 Å². The predicted octanol–water partition coefficient (Wildman–Crippen LogP) is 1.11. The molecular formula is C10H9BrN2O. The van der Waals surface area contributed by atoms with Crippen molar-refractivity contribution in [3.8, 4) is 6.07 Å². The van der Waals surface area contributed by atoms with E-state index in [1.165, 1.54) is 0 Å². The highest BCUT2D eigenvalue weighted by molar-refractivity contribution is 9.10. The Hall–Kier alpha value is -0.890. The van der Waals surface area contributed by atoms with Gasteiger partial charge in [-0.2, -0.15) is 5.26 Å². The molecule has 3 nitrogen and oxygen atoms in total. The first-order valence-electron chi connectivity index (χ1n) is 4.29. The number of nitrogens with one attached hydrogen (secondary N) is 1. The van der Waals surface area contributed by atoms with Crippen molar-refractivity contribution < 1.29 is 5.11 Å². The lowest BCUT2D eigenvalue weighted by molar-refractivity contribution is -0.0153. The summed E-state index contributed by atoms with van der Waals surface area (Å²) >= 11 is 3.37. The summed E-state index contributed by atoms with van der Waals surface area (Å²) in [5, 5.41) is 21.8. The first-order chi connectivity index (χ1) is 6.65. The lowest BCUT2D eigenvalue weighted by Crippen LogP contribution is -2.56. The minimum absolute atomic E-state index is 0.542. The molecule has 1 aromatic rings. The summed E-state index contributed by atoms with van der Waals surface area (Å²) in [6.45, 7) is 1.08. The van der Waals surface area contributed by atoms with Crippen LogP contribution >= 0.6 is 15.9 Å². The smallest absolute Gasteiger partial charge is 0.115 e. The van der Waals surface area contributed by atoms with Crippen LogP contribution in [-0.4, -0.2) is 18.2 Å². The van der Waals surface area contributed by atoms with Gasteiger partial charge in [0, 0.05) is 23.1 Å². The maximum Gasteiger partial charge on any atom is 0.115 e. The maximum atomic E-state index is 10.1. The van der Waals surface area contributed by atoms with Crippen LogP contribution in [0.25, 0.3) is 0 Å². The average Bonchev–Trinajstić information content (AvgIpc) is 2.15. The molecule has 0 aromatic heterocycles. The summed E-state index contributed by atoms with van der Waals surface area (Å²) in [6, 6.07) is 7.31. The van der Waals surface area contributed by atoms with Gasteiger partial charge in [-0.1, -0.05) is 15.9 Å². The van der Waals surface area contributed by atoms with Crippen molar-refractivity contribution in [2.45, 2.75) is 5.60 Å². The van der Waals surface area contributed by atoms with Crippen molar-refractivity contribution in [1.29, 1.82) is 5.26 Å². The summed E-state index contributed by atoms with van der Waals surface area (Å²) in [7, 11) is 0. The van der Waals surface area contributed by atoms with Gasteiger partial charge in [0.1, 0.15) is 5.60 Å². The van der Waals surface area contributed by atoms with Gasteiger partial charge in [-0.3, -0.25) is 0 Å². The zero-order valence-corrected chi connectivity index (χ0v) is 9.00. The normalized spacial score (nSPS) is 18.4. The molecule has 1 aromatic carbocycles. The topological polar surface area (TPSA) is 56.0 Å². The van der Waals surface area contributed by atoms with E-state index in [4.69, 9.17) is 5.26 Å². The zero-order valence-electron chi connectivity index (χ0n) is 7.42. The fourth-order valence-electron chi connectivity index (χ4n) is 1.50. The van der Waals surface area contributed by atoms with Crippen LogP contribution in [0.4, 0.5) is 0 Å². The third-order valence-electron chi connectivity index (χ3n) is 2.43. The van der Waals surface area contributed by atoms with E-state index in [1.54, 1.807) is 18.2 Å². The lowest BCUT2D eigenvalue weighted by Gasteiger charge is -2.38. The van der Waals surface area contributed by atoms with Gasteiger partial charge in [-0.25, -0.2) is 0 Å². The summed E-state index contributed by atoms with van der Waals surface area (Å²) in [4.78, 5) is 0. The Labute approximate surface area is 90.5 Å². The van der Waals surface area contributed by atoms with Crippen molar-refractivity contribution >= 4 is 15.9 Å². The van der Waals surface area contributed by atoms with Gasteiger partial charge in [0.2, 0.25) is 0 Å². The summed E-state index contributed by atoms with van der Waals surface area (Å²) in [5.41, 5.74) is 0.546. The molecule has 0 unspecified atom stereocenters. The highest BCUT2D eigenvalue weighted by Gasteiger charge is 2.37. The second-order valence-corrected chi connectivity index (χ2v) is 4.30. The molecule has 0 radical (unpaired) electrons. The molecule has 1 saturated heterocycles.